The lowest BCUT2D eigenvalue weighted by Crippen LogP contribution is -2.38. The fourth-order valence-electron chi connectivity index (χ4n) is 2.63. The number of hydrogen-bond donors (Lipinski definition) is 0. The molecule has 1 aliphatic rings. The topological polar surface area (TPSA) is 20.3 Å². The van der Waals surface area contributed by atoms with Crippen molar-refractivity contribution in [2.75, 3.05) is 13.1 Å². The molecular weight excluding hydrogens is 210 g/mol. The van der Waals surface area contributed by atoms with Crippen molar-refractivity contribution in [1.29, 1.82) is 0 Å². The van der Waals surface area contributed by atoms with Crippen LogP contribution in [0.25, 0.3) is 0 Å². The molecule has 0 bridgehead atoms. The van der Waals surface area contributed by atoms with Gasteiger partial charge in [-0.1, -0.05) is 30.7 Å². The third-order valence-corrected chi connectivity index (χ3v) is 3.79. The molecule has 17 heavy (non-hydrogen) atoms. The highest BCUT2D eigenvalue weighted by molar-refractivity contribution is 5.77. The second-order valence-electron chi connectivity index (χ2n) is 4.95. The van der Waals surface area contributed by atoms with Crippen molar-refractivity contribution in [3.63, 3.8) is 0 Å². The van der Waals surface area contributed by atoms with Gasteiger partial charge in [-0.25, -0.2) is 0 Å². The third kappa shape index (κ3) is 3.16. The summed E-state index contributed by atoms with van der Waals surface area (Å²) in [5, 5.41) is 0. The number of nitrogens with zero attached hydrogens (tertiary/aromatic N) is 1. The maximum Gasteiger partial charge on any atom is 0.150 e. The van der Waals surface area contributed by atoms with Crippen LogP contribution >= 0.6 is 0 Å². The number of carbonyl (C=O) groups is 1. The minimum absolute atomic E-state index is 0.701. The van der Waals surface area contributed by atoms with Gasteiger partial charge in [0.25, 0.3) is 0 Å². The van der Waals surface area contributed by atoms with Crippen molar-refractivity contribution in [2.45, 2.75) is 38.6 Å². The van der Waals surface area contributed by atoms with Gasteiger partial charge in [-0.2, -0.15) is 0 Å². The van der Waals surface area contributed by atoms with Crippen molar-refractivity contribution >= 4 is 6.29 Å². The van der Waals surface area contributed by atoms with Crippen molar-refractivity contribution in [2.24, 2.45) is 0 Å². The molecule has 1 aromatic rings. The van der Waals surface area contributed by atoms with Gasteiger partial charge in [-0.05, 0) is 38.3 Å². The number of aldehydes is 1. The number of rotatable bonds is 4. The van der Waals surface area contributed by atoms with Crippen LogP contribution in [0, 0.1) is 0 Å². The average molecular weight is 231 g/mol. The van der Waals surface area contributed by atoms with Crippen molar-refractivity contribution in [3.05, 3.63) is 35.4 Å². The van der Waals surface area contributed by atoms with E-state index >= 15 is 0 Å². The fraction of sp³-hybridized carbons (Fsp3) is 0.533. The van der Waals surface area contributed by atoms with E-state index in [0.717, 1.165) is 24.8 Å². The first kappa shape index (κ1) is 12.3. The van der Waals surface area contributed by atoms with E-state index in [4.69, 9.17) is 0 Å². The van der Waals surface area contributed by atoms with Crippen LogP contribution in [0.1, 0.15) is 42.1 Å². The maximum absolute atomic E-state index is 10.9. The monoisotopic (exact) mass is 231 g/mol. The van der Waals surface area contributed by atoms with Crippen LogP contribution in [-0.2, 0) is 6.42 Å². The maximum atomic E-state index is 10.9. The van der Waals surface area contributed by atoms with Gasteiger partial charge in [0, 0.05) is 18.2 Å². The molecule has 0 N–H and O–H groups in total. The molecule has 2 heteroatoms. The Morgan fingerprint density at radius 3 is 2.94 bits per heavy atom. The fourth-order valence-corrected chi connectivity index (χ4v) is 2.63. The zero-order valence-corrected chi connectivity index (χ0v) is 10.6. The molecule has 1 aliphatic heterocycles. The summed E-state index contributed by atoms with van der Waals surface area (Å²) in [6.07, 6.45) is 5.95. The van der Waals surface area contributed by atoms with E-state index in [0.29, 0.717) is 6.04 Å². The number of piperidine rings is 1. The minimum atomic E-state index is 0.701. The highest BCUT2D eigenvalue weighted by atomic mass is 16.1. The first-order valence-corrected chi connectivity index (χ1v) is 6.58. The van der Waals surface area contributed by atoms with Gasteiger partial charge in [-0.15, -0.1) is 0 Å². The van der Waals surface area contributed by atoms with Crippen molar-refractivity contribution in [1.82, 2.24) is 4.90 Å². The average Bonchev–Trinajstić information content (AvgIpc) is 2.38. The lowest BCUT2D eigenvalue weighted by Gasteiger charge is -2.33. The van der Waals surface area contributed by atoms with Gasteiger partial charge in [0.1, 0.15) is 6.29 Å². The Hall–Kier alpha value is -1.15. The second-order valence-corrected chi connectivity index (χ2v) is 4.95. The number of likely N-dealkylation sites (tertiary alicyclic amines) is 1. The second kappa shape index (κ2) is 5.97. The van der Waals surface area contributed by atoms with E-state index in [1.807, 2.05) is 18.2 Å². The summed E-state index contributed by atoms with van der Waals surface area (Å²) < 4.78 is 0. The molecule has 0 saturated carbocycles. The van der Waals surface area contributed by atoms with Crippen LogP contribution < -0.4 is 0 Å². The quantitative estimate of drug-likeness (QED) is 0.743. The molecule has 1 saturated heterocycles. The zero-order valence-electron chi connectivity index (χ0n) is 10.6. The summed E-state index contributed by atoms with van der Waals surface area (Å²) in [6, 6.07) is 8.62. The summed E-state index contributed by atoms with van der Waals surface area (Å²) >= 11 is 0. The molecular formula is C15H21NO. The van der Waals surface area contributed by atoms with Crippen LogP contribution in [0.15, 0.2) is 24.3 Å². The molecule has 1 unspecified atom stereocenters. The van der Waals surface area contributed by atoms with Gasteiger partial charge in [0.2, 0.25) is 0 Å². The molecule has 0 radical (unpaired) electrons. The molecule has 0 spiro atoms. The summed E-state index contributed by atoms with van der Waals surface area (Å²) in [4.78, 5) is 13.5. The molecule has 0 aliphatic carbocycles. The van der Waals surface area contributed by atoms with Gasteiger partial charge in [0.15, 0.2) is 0 Å². The Labute approximate surface area is 104 Å². The molecule has 1 atom stereocenters. The van der Waals surface area contributed by atoms with Gasteiger partial charge in [0.05, 0.1) is 0 Å². The van der Waals surface area contributed by atoms with Crippen LogP contribution in [0.5, 0.6) is 0 Å². The Balaban J connectivity index is 1.94. The molecule has 0 amide bonds. The summed E-state index contributed by atoms with van der Waals surface area (Å²) in [5.41, 5.74) is 2.03. The van der Waals surface area contributed by atoms with Crippen LogP contribution in [0.2, 0.25) is 0 Å². The molecule has 92 valence electrons. The standard InChI is InChI=1S/C15H21NO/c1-13-6-4-5-10-16(13)11-9-14-7-2-3-8-15(14)12-17/h2-3,7-8,12-13H,4-6,9-11H2,1H3. The zero-order chi connectivity index (χ0) is 12.1. The van der Waals surface area contributed by atoms with E-state index in [1.54, 1.807) is 0 Å². The first-order chi connectivity index (χ1) is 8.31. The summed E-state index contributed by atoms with van der Waals surface area (Å²) in [5.74, 6) is 0. The highest BCUT2D eigenvalue weighted by Crippen LogP contribution is 2.17. The predicted octanol–water partition coefficient (Wildman–Crippen LogP) is 2.92. The SMILES string of the molecule is CC1CCCCN1CCc1ccccc1C=O. The molecule has 1 heterocycles. The highest BCUT2D eigenvalue weighted by Gasteiger charge is 2.17. The number of benzene rings is 1. The Morgan fingerprint density at radius 2 is 2.18 bits per heavy atom. The smallest absolute Gasteiger partial charge is 0.150 e. The molecule has 0 aromatic heterocycles. The Bertz CT molecular complexity index is 375. The lowest BCUT2D eigenvalue weighted by molar-refractivity contribution is 0.112. The first-order valence-electron chi connectivity index (χ1n) is 6.58. The summed E-state index contributed by atoms with van der Waals surface area (Å²) in [6.45, 7) is 4.60. The van der Waals surface area contributed by atoms with Crippen LogP contribution in [0.4, 0.5) is 0 Å². The molecule has 2 nitrogen and oxygen atoms in total. The molecule has 1 fully saturated rings. The lowest BCUT2D eigenvalue weighted by atomic mass is 10.0. The van der Waals surface area contributed by atoms with Gasteiger partial charge in [-0.3, -0.25) is 4.79 Å². The Morgan fingerprint density at radius 1 is 1.35 bits per heavy atom. The van der Waals surface area contributed by atoms with Gasteiger partial charge < -0.3 is 4.90 Å². The molecule has 2 rings (SSSR count). The van der Waals surface area contributed by atoms with E-state index < -0.39 is 0 Å². The number of carbonyl (C=O) groups excluding carboxylic acids is 1. The van der Waals surface area contributed by atoms with E-state index in [-0.39, 0.29) is 0 Å². The summed E-state index contributed by atoms with van der Waals surface area (Å²) in [7, 11) is 0. The van der Waals surface area contributed by atoms with E-state index in [9.17, 15) is 4.79 Å². The van der Waals surface area contributed by atoms with Crippen molar-refractivity contribution in [3.8, 4) is 0 Å². The minimum Gasteiger partial charge on any atom is -0.300 e. The van der Waals surface area contributed by atoms with Gasteiger partial charge >= 0.3 is 0 Å². The van der Waals surface area contributed by atoms with Crippen LogP contribution in [0.3, 0.4) is 0 Å². The van der Waals surface area contributed by atoms with E-state index in [1.165, 1.54) is 31.4 Å². The largest absolute Gasteiger partial charge is 0.300 e. The Kier molecular flexibility index (Phi) is 4.32. The third-order valence-electron chi connectivity index (χ3n) is 3.79. The number of hydrogen-bond acceptors (Lipinski definition) is 2. The van der Waals surface area contributed by atoms with E-state index in [2.05, 4.69) is 17.9 Å². The van der Waals surface area contributed by atoms with Crippen LogP contribution in [-0.4, -0.2) is 30.3 Å². The predicted molar refractivity (Wildman–Crippen MR) is 70.4 cm³/mol. The van der Waals surface area contributed by atoms with Crippen molar-refractivity contribution < 1.29 is 4.79 Å². The normalized spacial score (nSPS) is 21.4. The molecule has 1 aromatic carbocycles.